The monoisotopic (exact) mass is 409 g/mol. The van der Waals surface area contributed by atoms with Crippen LogP contribution in [0.4, 0.5) is 4.79 Å². The van der Waals surface area contributed by atoms with Crippen molar-refractivity contribution in [1.29, 1.82) is 0 Å². The highest BCUT2D eigenvalue weighted by atomic mass is 16.5. The van der Waals surface area contributed by atoms with Crippen LogP contribution in [0, 0.1) is 0 Å². The largest absolute Gasteiger partial charge is 0.497 e. The second kappa shape index (κ2) is 8.98. The summed E-state index contributed by atoms with van der Waals surface area (Å²) in [5.74, 6) is -0.112. The van der Waals surface area contributed by atoms with Gasteiger partial charge in [0.25, 0.3) is 5.91 Å². The number of imide groups is 1. The number of rotatable bonds is 8. The first kappa shape index (κ1) is 21.4. The molecule has 1 atom stereocenters. The standard InChI is InChI=1S/C23H27N3O4/c1-4-5-16-6-10-18(11-7-16)23(2)21(28)26(22(29)25-23)15-20(27)24-14-17-8-12-19(30-3)13-9-17/h6-13H,4-5,14-15H2,1-3H3,(H,24,27)(H,25,29)/t23-/m1/s1. The van der Waals surface area contributed by atoms with E-state index in [0.717, 1.165) is 29.1 Å². The minimum atomic E-state index is -1.18. The summed E-state index contributed by atoms with van der Waals surface area (Å²) in [6, 6.07) is 14.4. The summed E-state index contributed by atoms with van der Waals surface area (Å²) >= 11 is 0. The molecule has 0 spiro atoms. The molecule has 1 aliphatic rings. The van der Waals surface area contributed by atoms with Gasteiger partial charge in [0.1, 0.15) is 17.8 Å². The Bertz CT molecular complexity index is 924. The molecule has 1 heterocycles. The SMILES string of the molecule is CCCc1ccc([C@@]2(C)NC(=O)N(CC(=O)NCc3ccc(OC)cc3)C2=O)cc1. The first-order valence-electron chi connectivity index (χ1n) is 10.0. The Morgan fingerprint density at radius 1 is 1.07 bits per heavy atom. The fourth-order valence-corrected chi connectivity index (χ4v) is 3.47. The summed E-state index contributed by atoms with van der Waals surface area (Å²) in [5, 5.41) is 5.47. The fourth-order valence-electron chi connectivity index (χ4n) is 3.47. The van der Waals surface area contributed by atoms with E-state index < -0.39 is 23.4 Å². The number of methoxy groups -OCH3 is 1. The van der Waals surface area contributed by atoms with Crippen molar-refractivity contribution < 1.29 is 19.1 Å². The molecule has 0 saturated carbocycles. The number of benzene rings is 2. The van der Waals surface area contributed by atoms with Gasteiger partial charge in [-0.3, -0.25) is 14.5 Å². The molecule has 3 rings (SSSR count). The number of hydrogen-bond acceptors (Lipinski definition) is 4. The van der Waals surface area contributed by atoms with Gasteiger partial charge in [-0.1, -0.05) is 49.7 Å². The molecule has 4 amide bonds. The summed E-state index contributed by atoms with van der Waals surface area (Å²) in [6.45, 7) is 3.73. The average Bonchev–Trinajstić information content (AvgIpc) is 2.97. The lowest BCUT2D eigenvalue weighted by molar-refractivity contribution is -0.134. The van der Waals surface area contributed by atoms with Crippen molar-refractivity contribution in [1.82, 2.24) is 15.5 Å². The van der Waals surface area contributed by atoms with Gasteiger partial charge in [0.05, 0.1) is 7.11 Å². The Kier molecular flexibility index (Phi) is 6.40. The van der Waals surface area contributed by atoms with E-state index in [9.17, 15) is 14.4 Å². The molecule has 1 fully saturated rings. The van der Waals surface area contributed by atoms with Gasteiger partial charge in [0, 0.05) is 6.54 Å². The van der Waals surface area contributed by atoms with Gasteiger partial charge >= 0.3 is 6.03 Å². The summed E-state index contributed by atoms with van der Waals surface area (Å²) in [6.07, 6.45) is 1.99. The maximum Gasteiger partial charge on any atom is 0.325 e. The quantitative estimate of drug-likeness (QED) is 0.657. The third kappa shape index (κ3) is 4.45. The lowest BCUT2D eigenvalue weighted by atomic mass is 9.91. The van der Waals surface area contributed by atoms with Crippen LogP contribution in [0.25, 0.3) is 0 Å². The van der Waals surface area contributed by atoms with Crippen molar-refractivity contribution >= 4 is 17.8 Å². The average molecular weight is 409 g/mol. The highest BCUT2D eigenvalue weighted by Crippen LogP contribution is 2.29. The predicted molar refractivity (Wildman–Crippen MR) is 113 cm³/mol. The fraction of sp³-hybridized carbons (Fsp3) is 0.348. The first-order chi connectivity index (χ1) is 14.4. The second-order valence-electron chi connectivity index (χ2n) is 7.52. The third-order valence-corrected chi connectivity index (χ3v) is 5.30. The van der Waals surface area contributed by atoms with E-state index in [1.54, 1.807) is 26.2 Å². The number of nitrogens with zero attached hydrogens (tertiary/aromatic N) is 1. The Balaban J connectivity index is 1.62. The molecule has 7 nitrogen and oxygen atoms in total. The van der Waals surface area contributed by atoms with Crippen LogP contribution in [0.5, 0.6) is 5.75 Å². The first-order valence-corrected chi connectivity index (χ1v) is 10.0. The molecule has 158 valence electrons. The molecule has 0 aliphatic carbocycles. The summed E-state index contributed by atoms with van der Waals surface area (Å²) in [7, 11) is 1.59. The van der Waals surface area contributed by atoms with Crippen LogP contribution in [-0.2, 0) is 28.1 Å². The number of ether oxygens (including phenoxy) is 1. The molecular formula is C23H27N3O4. The molecule has 2 aromatic rings. The van der Waals surface area contributed by atoms with E-state index in [1.165, 1.54) is 5.56 Å². The van der Waals surface area contributed by atoms with Crippen LogP contribution in [-0.4, -0.2) is 36.4 Å². The van der Waals surface area contributed by atoms with E-state index in [4.69, 9.17) is 4.74 Å². The van der Waals surface area contributed by atoms with Crippen LogP contribution in [0.3, 0.4) is 0 Å². The summed E-state index contributed by atoms with van der Waals surface area (Å²) in [5.41, 5.74) is 1.58. The molecule has 30 heavy (non-hydrogen) atoms. The molecule has 7 heteroatoms. The number of amides is 4. The molecule has 1 aliphatic heterocycles. The maximum absolute atomic E-state index is 13.0. The molecule has 2 N–H and O–H groups in total. The van der Waals surface area contributed by atoms with Crippen molar-refractivity contribution in [3.8, 4) is 5.75 Å². The van der Waals surface area contributed by atoms with Crippen molar-refractivity contribution in [2.24, 2.45) is 0 Å². The zero-order valence-corrected chi connectivity index (χ0v) is 17.5. The van der Waals surface area contributed by atoms with Crippen LogP contribution < -0.4 is 15.4 Å². The second-order valence-corrected chi connectivity index (χ2v) is 7.52. The predicted octanol–water partition coefficient (Wildman–Crippen LogP) is 2.73. The molecule has 1 saturated heterocycles. The number of urea groups is 1. The molecule has 0 unspecified atom stereocenters. The van der Waals surface area contributed by atoms with Gasteiger partial charge in [0.2, 0.25) is 5.91 Å². The minimum Gasteiger partial charge on any atom is -0.497 e. The Hall–Kier alpha value is -3.35. The van der Waals surface area contributed by atoms with Gasteiger partial charge < -0.3 is 15.4 Å². The summed E-state index contributed by atoms with van der Waals surface area (Å²) in [4.78, 5) is 38.7. The van der Waals surface area contributed by atoms with Gasteiger partial charge in [-0.05, 0) is 42.2 Å². The van der Waals surface area contributed by atoms with E-state index in [0.29, 0.717) is 12.1 Å². The Morgan fingerprint density at radius 2 is 1.70 bits per heavy atom. The third-order valence-electron chi connectivity index (χ3n) is 5.30. The molecule has 0 radical (unpaired) electrons. The Morgan fingerprint density at radius 3 is 2.30 bits per heavy atom. The molecule has 2 aromatic carbocycles. The van der Waals surface area contributed by atoms with E-state index >= 15 is 0 Å². The van der Waals surface area contributed by atoms with Crippen molar-refractivity contribution in [2.45, 2.75) is 38.8 Å². The van der Waals surface area contributed by atoms with E-state index in [-0.39, 0.29) is 6.54 Å². The van der Waals surface area contributed by atoms with Crippen LogP contribution >= 0.6 is 0 Å². The van der Waals surface area contributed by atoms with Gasteiger partial charge in [-0.15, -0.1) is 0 Å². The van der Waals surface area contributed by atoms with Gasteiger partial charge in [0.15, 0.2) is 0 Å². The lowest BCUT2D eigenvalue weighted by Crippen LogP contribution is -2.43. The summed E-state index contributed by atoms with van der Waals surface area (Å²) < 4.78 is 5.11. The smallest absolute Gasteiger partial charge is 0.325 e. The van der Waals surface area contributed by atoms with Crippen molar-refractivity contribution in [2.75, 3.05) is 13.7 Å². The van der Waals surface area contributed by atoms with Gasteiger partial charge in [-0.2, -0.15) is 0 Å². The highest BCUT2D eigenvalue weighted by Gasteiger charge is 2.49. The maximum atomic E-state index is 13.0. The minimum absolute atomic E-state index is 0.294. The van der Waals surface area contributed by atoms with Crippen LogP contribution in [0.1, 0.15) is 37.0 Å². The van der Waals surface area contributed by atoms with E-state index in [1.807, 2.05) is 36.4 Å². The number of aryl methyl sites for hydroxylation is 1. The zero-order valence-electron chi connectivity index (χ0n) is 17.5. The molecule has 0 bridgehead atoms. The number of hydrogen-bond donors (Lipinski definition) is 2. The number of carbonyl (C=O) groups is 3. The lowest BCUT2D eigenvalue weighted by Gasteiger charge is -2.22. The highest BCUT2D eigenvalue weighted by molar-refractivity contribution is 6.09. The molecular weight excluding hydrogens is 382 g/mol. The zero-order chi connectivity index (χ0) is 21.7. The number of carbonyl (C=O) groups excluding carboxylic acids is 3. The van der Waals surface area contributed by atoms with Crippen LogP contribution in [0.15, 0.2) is 48.5 Å². The Labute approximate surface area is 176 Å². The topological polar surface area (TPSA) is 87.7 Å². The number of nitrogens with one attached hydrogen (secondary N) is 2. The van der Waals surface area contributed by atoms with Gasteiger partial charge in [-0.25, -0.2) is 4.79 Å². The normalized spacial score (nSPS) is 18.3. The van der Waals surface area contributed by atoms with Crippen LogP contribution in [0.2, 0.25) is 0 Å². The van der Waals surface area contributed by atoms with Crippen molar-refractivity contribution in [3.63, 3.8) is 0 Å². The van der Waals surface area contributed by atoms with Crippen molar-refractivity contribution in [3.05, 3.63) is 65.2 Å². The van der Waals surface area contributed by atoms with E-state index in [2.05, 4.69) is 17.6 Å². The molecule has 0 aromatic heterocycles.